The largest absolute Gasteiger partial charge is 0.461 e. The van der Waals surface area contributed by atoms with E-state index in [0.29, 0.717) is 38.2 Å². The zero-order valence-electron chi connectivity index (χ0n) is 27.8. The van der Waals surface area contributed by atoms with Crippen LogP contribution in [0.1, 0.15) is 47.4 Å². The highest BCUT2D eigenvalue weighted by molar-refractivity contribution is 7.23. The number of fused-ring (bicyclic) bond motifs is 4. The quantitative estimate of drug-likeness (QED) is 0.222. The Morgan fingerprint density at radius 1 is 1.16 bits per heavy atom. The van der Waals surface area contributed by atoms with E-state index >= 15 is 8.78 Å². The minimum absolute atomic E-state index is 0.00393. The van der Waals surface area contributed by atoms with Gasteiger partial charge in [0.25, 0.3) is 5.91 Å². The molecule has 3 aromatic heterocycles. The summed E-state index contributed by atoms with van der Waals surface area (Å²) >= 11 is 0.826. The van der Waals surface area contributed by atoms with E-state index in [0.717, 1.165) is 42.9 Å². The molecule has 0 bridgehead atoms. The average Bonchev–Trinajstić information content (AvgIpc) is 3.82. The highest BCUT2D eigenvalue weighted by Crippen LogP contribution is 2.45. The summed E-state index contributed by atoms with van der Waals surface area (Å²) in [4.78, 5) is 27.2. The molecule has 0 unspecified atom stereocenters. The van der Waals surface area contributed by atoms with E-state index in [1.165, 1.54) is 11.0 Å². The van der Waals surface area contributed by atoms with Crippen LogP contribution in [0.4, 0.5) is 28.4 Å². The lowest BCUT2D eigenvalue weighted by atomic mass is 9.95. The predicted octanol–water partition coefficient (Wildman–Crippen LogP) is 5.65. The van der Waals surface area contributed by atoms with Crippen molar-refractivity contribution in [2.45, 2.75) is 50.5 Å². The molecular formula is C35H33F4N9O2S. The van der Waals surface area contributed by atoms with Crippen LogP contribution in [0.15, 0.2) is 24.3 Å². The number of halogens is 4. The third-order valence-electron chi connectivity index (χ3n) is 10.2. The second kappa shape index (κ2) is 12.3. The molecule has 0 saturated carbocycles. The SMILES string of the molecule is CN(C)C(=O)c1cc2n(n1)CCCN(c1nc(OC[C@@]34CCCN3C[C@H](F)C4)nc3c(F)c(-c4ccc(F)c5sc(N)c(C#N)c45)c(F)cc13)C2. The minimum atomic E-state index is -1.05. The first-order valence-electron chi connectivity index (χ1n) is 16.6. The Morgan fingerprint density at radius 2 is 1.98 bits per heavy atom. The summed E-state index contributed by atoms with van der Waals surface area (Å²) in [5, 5.41) is 14.4. The second-order valence-electron chi connectivity index (χ2n) is 13.6. The topological polar surface area (TPSA) is 129 Å². The number of carbonyl (C=O) groups is 1. The van der Waals surface area contributed by atoms with Crippen LogP contribution in [0.2, 0.25) is 0 Å². The monoisotopic (exact) mass is 719 g/mol. The van der Waals surface area contributed by atoms with Crippen LogP contribution >= 0.6 is 11.3 Å². The van der Waals surface area contributed by atoms with Crippen LogP contribution in [-0.4, -0.2) is 87.5 Å². The van der Waals surface area contributed by atoms with Crippen LogP contribution in [0.25, 0.3) is 32.1 Å². The summed E-state index contributed by atoms with van der Waals surface area (Å²) in [5.74, 6) is -2.76. The number of carbonyl (C=O) groups excluding carboxylic acids is 1. The van der Waals surface area contributed by atoms with E-state index < -0.39 is 34.7 Å². The normalized spacial score (nSPS) is 20.4. The number of nitrogens with zero attached hydrogens (tertiary/aromatic N) is 8. The Kier molecular flexibility index (Phi) is 8.02. The van der Waals surface area contributed by atoms with Gasteiger partial charge in [0.2, 0.25) is 0 Å². The number of rotatable bonds is 6. The maximum atomic E-state index is 17.0. The molecule has 3 aliphatic rings. The van der Waals surface area contributed by atoms with E-state index in [2.05, 4.69) is 15.0 Å². The number of nitrogen functional groups attached to an aromatic ring is 1. The van der Waals surface area contributed by atoms with Gasteiger partial charge < -0.3 is 20.3 Å². The molecule has 264 valence electrons. The molecule has 2 saturated heterocycles. The van der Waals surface area contributed by atoms with Gasteiger partial charge in [0.15, 0.2) is 11.5 Å². The second-order valence-corrected chi connectivity index (χ2v) is 14.7. The summed E-state index contributed by atoms with van der Waals surface area (Å²) in [6.45, 7) is 2.28. The molecule has 3 aliphatic heterocycles. The van der Waals surface area contributed by atoms with Crippen molar-refractivity contribution in [2.75, 3.05) is 51.0 Å². The van der Waals surface area contributed by atoms with Gasteiger partial charge in [-0.3, -0.25) is 14.4 Å². The lowest BCUT2D eigenvalue weighted by Gasteiger charge is -2.31. The number of aryl methyl sites for hydroxylation is 1. The molecule has 2 N–H and O–H groups in total. The number of benzene rings is 2. The Morgan fingerprint density at radius 3 is 2.76 bits per heavy atom. The van der Waals surface area contributed by atoms with Gasteiger partial charge in [-0.05, 0) is 49.6 Å². The highest BCUT2D eigenvalue weighted by Gasteiger charge is 2.49. The van der Waals surface area contributed by atoms with E-state index in [-0.39, 0.29) is 73.7 Å². The van der Waals surface area contributed by atoms with Crippen molar-refractivity contribution >= 4 is 49.1 Å². The molecular weight excluding hydrogens is 687 g/mol. The number of nitriles is 1. The highest BCUT2D eigenvalue weighted by atomic mass is 32.1. The molecule has 2 fully saturated rings. The first-order chi connectivity index (χ1) is 24.5. The number of hydrogen-bond donors (Lipinski definition) is 1. The van der Waals surface area contributed by atoms with Crippen LogP contribution in [0.5, 0.6) is 6.01 Å². The maximum absolute atomic E-state index is 17.0. The summed E-state index contributed by atoms with van der Waals surface area (Å²) in [7, 11) is 3.28. The number of hydrogen-bond acceptors (Lipinski definition) is 10. The van der Waals surface area contributed by atoms with Gasteiger partial charge in [-0.2, -0.15) is 20.3 Å². The zero-order valence-corrected chi connectivity index (χ0v) is 28.7. The van der Waals surface area contributed by atoms with Gasteiger partial charge in [0, 0.05) is 50.9 Å². The number of ether oxygens (including phenoxy) is 1. The fourth-order valence-corrected chi connectivity index (χ4v) is 8.79. The number of alkyl halides is 1. The molecule has 51 heavy (non-hydrogen) atoms. The molecule has 6 heterocycles. The van der Waals surface area contributed by atoms with Gasteiger partial charge in [-0.25, -0.2) is 17.6 Å². The number of amides is 1. The number of nitrogens with two attached hydrogens (primary N) is 1. The molecule has 0 aliphatic carbocycles. The summed E-state index contributed by atoms with van der Waals surface area (Å²) in [5.41, 5.74) is 5.58. The van der Waals surface area contributed by atoms with Crippen molar-refractivity contribution in [1.29, 1.82) is 5.26 Å². The third-order valence-corrected chi connectivity index (χ3v) is 11.2. The molecule has 16 heteroatoms. The van der Waals surface area contributed by atoms with Crippen LogP contribution in [0.3, 0.4) is 0 Å². The van der Waals surface area contributed by atoms with Gasteiger partial charge in [-0.15, -0.1) is 11.3 Å². The number of anilines is 2. The summed E-state index contributed by atoms with van der Waals surface area (Å²) in [6.07, 6.45) is 1.50. The van der Waals surface area contributed by atoms with Gasteiger partial charge in [-0.1, -0.05) is 6.07 Å². The fraction of sp³-hybridized carbons (Fsp3) is 0.400. The Balaban J connectivity index is 1.28. The van der Waals surface area contributed by atoms with E-state index in [9.17, 15) is 18.8 Å². The number of thiophene rings is 1. The van der Waals surface area contributed by atoms with Crippen molar-refractivity contribution in [1.82, 2.24) is 29.5 Å². The first kappa shape index (κ1) is 33.2. The zero-order chi connectivity index (χ0) is 35.8. The molecule has 2 aromatic carbocycles. The standard InChI is InChI=1S/C35H33F4N9O2S/c1-45(2)33(49)25-11-19-16-46(8-4-10-48(19)44-25)32-21-12-24(38)27(20-5-6-23(37)30-26(20)22(14-40)31(41)51-30)28(39)29(21)42-34(43-32)50-17-35-7-3-9-47(35)15-18(36)13-35/h5-6,11-12,18H,3-4,7-10,13,15-17,41H2,1-2H3/t18-,35+/m1/s1. The fourth-order valence-electron chi connectivity index (χ4n) is 7.85. The van der Waals surface area contributed by atoms with Gasteiger partial charge >= 0.3 is 6.01 Å². The van der Waals surface area contributed by atoms with Crippen LogP contribution in [-0.2, 0) is 13.1 Å². The smallest absolute Gasteiger partial charge is 0.319 e. The lowest BCUT2D eigenvalue weighted by Crippen LogP contribution is -2.43. The lowest BCUT2D eigenvalue weighted by molar-refractivity contribution is 0.0821. The molecule has 8 rings (SSSR count). The van der Waals surface area contributed by atoms with Crippen LogP contribution < -0.4 is 15.4 Å². The van der Waals surface area contributed by atoms with E-state index in [1.54, 1.807) is 24.8 Å². The molecule has 1 amide bonds. The summed E-state index contributed by atoms with van der Waals surface area (Å²) < 4.78 is 70.8. The van der Waals surface area contributed by atoms with E-state index in [1.807, 2.05) is 11.0 Å². The predicted molar refractivity (Wildman–Crippen MR) is 184 cm³/mol. The first-order valence-corrected chi connectivity index (χ1v) is 17.5. The Labute approximate surface area is 293 Å². The van der Waals surface area contributed by atoms with Crippen LogP contribution in [0, 0.1) is 28.8 Å². The van der Waals surface area contributed by atoms with Gasteiger partial charge in [0.05, 0.1) is 33.6 Å². The van der Waals surface area contributed by atoms with E-state index in [4.69, 9.17) is 15.5 Å². The third kappa shape index (κ3) is 5.41. The van der Waals surface area contributed by atoms with Crippen molar-refractivity contribution in [3.8, 4) is 23.2 Å². The van der Waals surface area contributed by atoms with Crippen molar-refractivity contribution in [2.24, 2.45) is 0 Å². The average molecular weight is 720 g/mol. The summed E-state index contributed by atoms with van der Waals surface area (Å²) in [6, 6.07) is 6.92. The minimum Gasteiger partial charge on any atom is -0.461 e. The molecule has 5 aromatic rings. The number of aromatic nitrogens is 4. The van der Waals surface area contributed by atoms with Crippen molar-refractivity contribution in [3.05, 3.63) is 58.7 Å². The Hall–Kier alpha value is -5.01. The molecule has 0 radical (unpaired) electrons. The van der Waals surface area contributed by atoms with Crippen molar-refractivity contribution < 1.29 is 27.1 Å². The van der Waals surface area contributed by atoms with Crippen molar-refractivity contribution in [3.63, 3.8) is 0 Å². The maximum Gasteiger partial charge on any atom is 0.319 e. The van der Waals surface area contributed by atoms with Gasteiger partial charge in [0.1, 0.15) is 46.8 Å². The Bertz CT molecular complexity index is 2290. The molecule has 11 nitrogen and oxygen atoms in total. The molecule has 2 atom stereocenters. The molecule has 0 spiro atoms.